The van der Waals surface area contributed by atoms with Gasteiger partial charge in [-0.2, -0.15) is 0 Å². The summed E-state index contributed by atoms with van der Waals surface area (Å²) < 4.78 is 5.32. The van der Waals surface area contributed by atoms with Gasteiger partial charge in [-0.05, 0) is 24.8 Å². The third-order valence-electron chi connectivity index (χ3n) is 4.52. The fourth-order valence-electron chi connectivity index (χ4n) is 3.49. The maximum atomic E-state index is 12.3. The van der Waals surface area contributed by atoms with Crippen LogP contribution in [0.5, 0.6) is 0 Å². The van der Waals surface area contributed by atoms with Gasteiger partial charge in [0.15, 0.2) is 0 Å². The molecular weight excluding hydrogens is 272 g/mol. The van der Waals surface area contributed by atoms with Crippen molar-refractivity contribution in [1.82, 2.24) is 4.90 Å². The van der Waals surface area contributed by atoms with E-state index >= 15 is 0 Å². The lowest BCUT2D eigenvalue weighted by Crippen LogP contribution is -2.57. The number of carbonyl (C=O) groups is 2. The minimum absolute atomic E-state index is 0.165. The van der Waals surface area contributed by atoms with Gasteiger partial charge in [0, 0.05) is 6.04 Å². The van der Waals surface area contributed by atoms with E-state index in [1.54, 1.807) is 0 Å². The molecule has 3 unspecified atom stereocenters. The molecule has 2 bridgehead atoms. The summed E-state index contributed by atoms with van der Waals surface area (Å²) in [5.41, 5.74) is 6.00. The number of rotatable bonds is 3. The van der Waals surface area contributed by atoms with Crippen LogP contribution in [0.2, 0.25) is 0 Å². The Balaban J connectivity index is 1.68. The summed E-state index contributed by atoms with van der Waals surface area (Å²) >= 11 is 0. The molecule has 0 radical (unpaired) electrons. The number of carbonyl (C=O) groups excluding carboxylic acids is 1. The van der Waals surface area contributed by atoms with E-state index < -0.39 is 23.6 Å². The van der Waals surface area contributed by atoms with Crippen molar-refractivity contribution in [3.8, 4) is 0 Å². The molecule has 6 nitrogen and oxygen atoms in total. The summed E-state index contributed by atoms with van der Waals surface area (Å²) in [6.07, 6.45) is 0.620. The van der Waals surface area contributed by atoms with Crippen LogP contribution in [0, 0.1) is 5.92 Å². The van der Waals surface area contributed by atoms with Crippen LogP contribution in [0.15, 0.2) is 30.3 Å². The largest absolute Gasteiger partial charge is 0.465 e. The number of nitrogens with two attached hydrogens (primary N) is 1. The lowest BCUT2D eigenvalue weighted by molar-refractivity contribution is -0.153. The SMILES string of the molecule is NC12CCC(CC1C(=O)OCc1ccccc1)N2C(=O)O. The lowest BCUT2D eigenvalue weighted by atomic mass is 9.84. The number of hydrogen-bond donors (Lipinski definition) is 2. The van der Waals surface area contributed by atoms with Crippen LogP contribution >= 0.6 is 0 Å². The Morgan fingerprint density at radius 1 is 1.38 bits per heavy atom. The highest BCUT2D eigenvalue weighted by Crippen LogP contribution is 2.47. The highest BCUT2D eigenvalue weighted by molar-refractivity contribution is 5.78. The molecule has 6 heteroatoms. The zero-order valence-electron chi connectivity index (χ0n) is 11.6. The second-order valence-electron chi connectivity index (χ2n) is 5.72. The Morgan fingerprint density at radius 3 is 2.71 bits per heavy atom. The van der Waals surface area contributed by atoms with Gasteiger partial charge in [0.2, 0.25) is 0 Å². The molecule has 3 N–H and O–H groups in total. The van der Waals surface area contributed by atoms with E-state index in [2.05, 4.69) is 0 Å². The van der Waals surface area contributed by atoms with Gasteiger partial charge in [0.25, 0.3) is 0 Å². The molecular formula is C15H18N2O4. The van der Waals surface area contributed by atoms with E-state index in [-0.39, 0.29) is 12.6 Å². The molecule has 1 amide bonds. The highest BCUT2D eigenvalue weighted by Gasteiger charge is 2.61. The minimum Gasteiger partial charge on any atom is -0.465 e. The molecule has 2 aliphatic heterocycles. The molecule has 2 fully saturated rings. The third kappa shape index (κ3) is 2.25. The van der Waals surface area contributed by atoms with Gasteiger partial charge >= 0.3 is 12.1 Å². The quantitative estimate of drug-likeness (QED) is 0.824. The van der Waals surface area contributed by atoms with Gasteiger partial charge in [0.05, 0.1) is 5.92 Å². The first-order valence-electron chi connectivity index (χ1n) is 7.04. The molecule has 21 heavy (non-hydrogen) atoms. The molecule has 3 rings (SSSR count). The van der Waals surface area contributed by atoms with Crippen LogP contribution in [-0.2, 0) is 16.1 Å². The minimum atomic E-state index is -1.11. The molecule has 2 saturated heterocycles. The number of ether oxygens (including phenoxy) is 1. The average molecular weight is 290 g/mol. The first kappa shape index (κ1) is 13.9. The first-order chi connectivity index (χ1) is 10.0. The van der Waals surface area contributed by atoms with E-state index in [4.69, 9.17) is 10.5 Å². The monoisotopic (exact) mass is 290 g/mol. The van der Waals surface area contributed by atoms with Crippen molar-refractivity contribution in [3.05, 3.63) is 35.9 Å². The van der Waals surface area contributed by atoms with E-state index in [1.165, 1.54) is 4.90 Å². The maximum absolute atomic E-state index is 12.3. The zero-order valence-corrected chi connectivity index (χ0v) is 11.6. The van der Waals surface area contributed by atoms with E-state index in [0.29, 0.717) is 19.3 Å². The summed E-state index contributed by atoms with van der Waals surface area (Å²) in [7, 11) is 0. The van der Waals surface area contributed by atoms with Crippen molar-refractivity contribution in [2.45, 2.75) is 37.6 Å². The van der Waals surface area contributed by atoms with Crippen LogP contribution in [0.4, 0.5) is 4.79 Å². The van der Waals surface area contributed by atoms with Crippen molar-refractivity contribution >= 4 is 12.1 Å². The van der Waals surface area contributed by atoms with Crippen LogP contribution in [-0.4, -0.2) is 33.8 Å². The summed E-state index contributed by atoms with van der Waals surface area (Å²) in [6.45, 7) is 0.185. The molecule has 0 spiro atoms. The van der Waals surface area contributed by atoms with Gasteiger partial charge in [-0.1, -0.05) is 30.3 Å². The zero-order chi connectivity index (χ0) is 15.0. The average Bonchev–Trinajstić information content (AvgIpc) is 2.96. The van der Waals surface area contributed by atoms with Crippen LogP contribution in [0.3, 0.4) is 0 Å². The summed E-state index contributed by atoms with van der Waals surface area (Å²) in [5, 5.41) is 9.26. The van der Waals surface area contributed by atoms with Gasteiger partial charge in [-0.25, -0.2) is 4.79 Å². The number of amides is 1. The smallest absolute Gasteiger partial charge is 0.409 e. The van der Waals surface area contributed by atoms with Gasteiger partial charge in [-0.3, -0.25) is 9.69 Å². The normalized spacial score (nSPS) is 30.4. The van der Waals surface area contributed by atoms with Crippen molar-refractivity contribution in [2.75, 3.05) is 0 Å². The van der Waals surface area contributed by atoms with Crippen molar-refractivity contribution < 1.29 is 19.4 Å². The third-order valence-corrected chi connectivity index (χ3v) is 4.52. The van der Waals surface area contributed by atoms with Gasteiger partial charge in [-0.15, -0.1) is 0 Å². The number of carboxylic acid groups (broad SMARTS) is 1. The second-order valence-corrected chi connectivity index (χ2v) is 5.72. The second kappa shape index (κ2) is 5.04. The molecule has 3 atom stereocenters. The van der Waals surface area contributed by atoms with E-state index in [1.807, 2.05) is 30.3 Å². The number of benzene rings is 1. The lowest BCUT2D eigenvalue weighted by Gasteiger charge is -2.32. The highest BCUT2D eigenvalue weighted by atomic mass is 16.5. The molecule has 1 aromatic rings. The summed E-state index contributed by atoms with van der Waals surface area (Å²) in [4.78, 5) is 24.8. The van der Waals surface area contributed by atoms with Crippen LogP contribution in [0.1, 0.15) is 24.8 Å². The van der Waals surface area contributed by atoms with E-state index in [0.717, 1.165) is 5.56 Å². The summed E-state index contributed by atoms with van der Waals surface area (Å²) in [5.74, 6) is -0.981. The molecule has 0 aliphatic carbocycles. The van der Waals surface area contributed by atoms with Crippen LogP contribution in [0.25, 0.3) is 0 Å². The molecule has 0 saturated carbocycles. The number of fused-ring (bicyclic) bond motifs is 2. The molecule has 2 aliphatic rings. The predicted molar refractivity (Wildman–Crippen MR) is 74.1 cm³/mol. The molecule has 0 aromatic heterocycles. The molecule has 1 aromatic carbocycles. The molecule has 112 valence electrons. The number of esters is 1. The predicted octanol–water partition coefficient (Wildman–Crippen LogP) is 1.55. The number of nitrogens with zero attached hydrogens (tertiary/aromatic N) is 1. The standard InChI is InChI=1S/C15H18N2O4/c16-15-7-6-11(17(15)14(19)20)8-12(15)13(18)21-9-10-4-2-1-3-5-10/h1-5,11-12H,6-9,16H2,(H,19,20). The Morgan fingerprint density at radius 2 is 2.10 bits per heavy atom. The fourth-order valence-corrected chi connectivity index (χ4v) is 3.49. The molecule has 2 heterocycles. The van der Waals surface area contributed by atoms with Crippen molar-refractivity contribution in [2.24, 2.45) is 11.7 Å². The Bertz CT molecular complexity index is 562. The first-order valence-corrected chi connectivity index (χ1v) is 7.04. The topological polar surface area (TPSA) is 92.9 Å². The Kier molecular flexibility index (Phi) is 3.33. The summed E-state index contributed by atoms with van der Waals surface area (Å²) in [6, 6.07) is 9.21. The number of hydrogen-bond acceptors (Lipinski definition) is 4. The van der Waals surface area contributed by atoms with Gasteiger partial charge < -0.3 is 15.6 Å². The van der Waals surface area contributed by atoms with E-state index in [9.17, 15) is 14.7 Å². The maximum Gasteiger partial charge on any atom is 0.409 e. The van der Waals surface area contributed by atoms with Crippen molar-refractivity contribution in [1.29, 1.82) is 0 Å². The fraction of sp³-hybridized carbons (Fsp3) is 0.467. The van der Waals surface area contributed by atoms with Crippen LogP contribution < -0.4 is 5.73 Å². The van der Waals surface area contributed by atoms with Gasteiger partial charge in [0.1, 0.15) is 12.3 Å². The Labute approximate surface area is 122 Å². The Hall–Kier alpha value is -2.08. The van der Waals surface area contributed by atoms with Crippen molar-refractivity contribution in [3.63, 3.8) is 0 Å².